The molecule has 9 heteroatoms. The van der Waals surface area contributed by atoms with Crippen molar-refractivity contribution in [2.24, 2.45) is 10.8 Å². The largest absolute Gasteiger partial charge is 0.497 e. The number of methoxy groups -OCH3 is 2. The van der Waals surface area contributed by atoms with Crippen molar-refractivity contribution >= 4 is 22.9 Å². The van der Waals surface area contributed by atoms with E-state index in [0.717, 1.165) is 5.56 Å². The van der Waals surface area contributed by atoms with Gasteiger partial charge < -0.3 is 28.1 Å². The highest BCUT2D eigenvalue weighted by atomic mass is 16.6. The normalized spacial score (nSPS) is 22.7. The average Bonchev–Trinajstić information content (AvgIpc) is 3.24. The van der Waals surface area contributed by atoms with Crippen LogP contribution in [0, 0.1) is 10.8 Å². The van der Waals surface area contributed by atoms with E-state index in [9.17, 15) is 14.4 Å². The first-order valence-corrected chi connectivity index (χ1v) is 13.3. The van der Waals surface area contributed by atoms with E-state index in [1.165, 1.54) is 6.07 Å². The molecule has 0 spiro atoms. The molecule has 2 aliphatic rings. The Kier molecular flexibility index (Phi) is 6.80. The molecule has 9 nitrogen and oxygen atoms in total. The summed E-state index contributed by atoms with van der Waals surface area (Å²) >= 11 is 0. The van der Waals surface area contributed by atoms with E-state index < -0.39 is 22.4 Å². The lowest BCUT2D eigenvalue weighted by Crippen LogP contribution is -2.48. The van der Waals surface area contributed by atoms with Gasteiger partial charge in [-0.25, -0.2) is 4.79 Å². The fourth-order valence-electron chi connectivity index (χ4n) is 5.82. The maximum Gasteiger partial charge on any atom is 0.351 e. The van der Waals surface area contributed by atoms with Crippen LogP contribution in [0.5, 0.6) is 17.2 Å². The van der Waals surface area contributed by atoms with Gasteiger partial charge in [-0.3, -0.25) is 9.59 Å². The Morgan fingerprint density at radius 2 is 1.65 bits per heavy atom. The topological polar surface area (TPSA) is 110 Å². The summed E-state index contributed by atoms with van der Waals surface area (Å²) < 4.78 is 34.5. The molecule has 1 aromatic heterocycles. The molecule has 212 valence electrons. The molecule has 2 bridgehead atoms. The van der Waals surface area contributed by atoms with Crippen molar-refractivity contribution in [3.8, 4) is 17.2 Å². The maximum atomic E-state index is 13.6. The minimum absolute atomic E-state index is 0.144. The fraction of sp³-hybridized carbons (Fsp3) is 0.452. The number of ether oxygens (including phenoxy) is 5. The van der Waals surface area contributed by atoms with E-state index in [2.05, 4.69) is 0 Å². The molecular weight excluding hydrogens is 516 g/mol. The van der Waals surface area contributed by atoms with Crippen LogP contribution < -0.4 is 19.6 Å². The van der Waals surface area contributed by atoms with E-state index in [1.54, 1.807) is 32.4 Å². The Bertz CT molecular complexity index is 1530. The Morgan fingerprint density at radius 3 is 2.23 bits per heavy atom. The number of esters is 2. The molecule has 1 aliphatic carbocycles. The van der Waals surface area contributed by atoms with Crippen LogP contribution in [0.25, 0.3) is 11.0 Å². The van der Waals surface area contributed by atoms with E-state index in [-0.39, 0.29) is 30.2 Å². The van der Waals surface area contributed by atoms with E-state index >= 15 is 0 Å². The van der Waals surface area contributed by atoms with Crippen molar-refractivity contribution in [2.45, 2.75) is 65.8 Å². The molecule has 0 unspecified atom stereocenters. The van der Waals surface area contributed by atoms with Crippen LogP contribution in [0.4, 0.5) is 0 Å². The second-order valence-corrected chi connectivity index (χ2v) is 11.1. The van der Waals surface area contributed by atoms with Gasteiger partial charge in [0, 0.05) is 24.0 Å². The second-order valence-electron chi connectivity index (χ2n) is 11.1. The van der Waals surface area contributed by atoms with Crippen LogP contribution in [0.2, 0.25) is 0 Å². The van der Waals surface area contributed by atoms with Crippen LogP contribution in [0.1, 0.15) is 57.4 Å². The minimum atomic E-state index is -1.38. The third kappa shape index (κ3) is 4.10. The summed E-state index contributed by atoms with van der Waals surface area (Å²) in [5.41, 5.74) is -1.61. The third-order valence-corrected chi connectivity index (χ3v) is 8.92. The average molecular weight is 551 g/mol. The Morgan fingerprint density at radius 1 is 0.950 bits per heavy atom. The van der Waals surface area contributed by atoms with Crippen molar-refractivity contribution < 1.29 is 37.7 Å². The zero-order chi connectivity index (χ0) is 28.9. The lowest BCUT2D eigenvalue weighted by Gasteiger charge is -2.34. The lowest BCUT2D eigenvalue weighted by molar-refractivity contribution is -0.184. The minimum Gasteiger partial charge on any atom is -0.497 e. The number of carbonyl (C=O) groups is 2. The van der Waals surface area contributed by atoms with Crippen molar-refractivity contribution in [1.82, 2.24) is 0 Å². The van der Waals surface area contributed by atoms with Gasteiger partial charge in [-0.05, 0) is 49.6 Å². The quantitative estimate of drug-likeness (QED) is 0.335. The van der Waals surface area contributed by atoms with Gasteiger partial charge in [0.1, 0.15) is 41.8 Å². The SMILES string of the molecule is CCc1cc(=O)c2ccc(OCc3cc(OC)cc(OC)c3)c(COC(=O)[C@@]34CC[C@@](C)(C(=O)O3)C4(C)C)c2o1. The highest BCUT2D eigenvalue weighted by molar-refractivity contribution is 5.93. The summed E-state index contributed by atoms with van der Waals surface area (Å²) in [6.07, 6.45) is 1.42. The van der Waals surface area contributed by atoms with Gasteiger partial charge in [-0.1, -0.05) is 20.8 Å². The number of hydrogen-bond donors (Lipinski definition) is 0. The molecule has 0 N–H and O–H groups in total. The molecule has 1 aliphatic heterocycles. The molecule has 2 fully saturated rings. The van der Waals surface area contributed by atoms with Crippen LogP contribution in [-0.2, 0) is 38.7 Å². The number of benzene rings is 2. The second kappa shape index (κ2) is 9.87. The molecule has 3 aromatic rings. The first-order valence-electron chi connectivity index (χ1n) is 13.3. The lowest BCUT2D eigenvalue weighted by atomic mass is 9.66. The van der Waals surface area contributed by atoms with Crippen LogP contribution in [0.15, 0.2) is 45.6 Å². The predicted molar refractivity (Wildman–Crippen MR) is 145 cm³/mol. The zero-order valence-corrected chi connectivity index (χ0v) is 23.7. The Balaban J connectivity index is 1.49. The Labute approximate surface area is 232 Å². The Hall–Kier alpha value is -4.01. The van der Waals surface area contributed by atoms with Crippen molar-refractivity contribution in [3.63, 3.8) is 0 Å². The molecule has 0 amide bonds. The standard InChI is InChI=1S/C31H34O9/c1-7-19-15-24(32)22-8-9-25(37-16-18-12-20(35-5)14-21(13-18)36-6)23(26(22)39-19)17-38-28(34)31-11-10-30(4,27(33)40-31)29(31,2)3/h8-9,12-15H,7,10-11,16-17H2,1-6H3/t30-,31+/m0/s1. The molecule has 2 aromatic carbocycles. The van der Waals surface area contributed by atoms with Crippen LogP contribution >= 0.6 is 0 Å². The van der Waals surface area contributed by atoms with Crippen molar-refractivity contribution in [3.05, 3.63) is 63.5 Å². The first kappa shape index (κ1) is 27.6. The summed E-state index contributed by atoms with van der Waals surface area (Å²) in [4.78, 5) is 39.1. The third-order valence-electron chi connectivity index (χ3n) is 8.92. The van der Waals surface area contributed by atoms with Gasteiger partial charge in [0.05, 0.1) is 30.6 Å². The molecule has 2 atom stereocenters. The van der Waals surface area contributed by atoms with E-state index in [4.69, 9.17) is 28.1 Å². The highest BCUT2D eigenvalue weighted by Crippen LogP contribution is 2.65. The van der Waals surface area contributed by atoms with E-state index in [1.807, 2.05) is 39.8 Å². The molecule has 5 rings (SSSR count). The fourth-order valence-corrected chi connectivity index (χ4v) is 5.82. The monoisotopic (exact) mass is 550 g/mol. The number of aryl methyl sites for hydroxylation is 1. The highest BCUT2D eigenvalue weighted by Gasteiger charge is 2.76. The van der Waals surface area contributed by atoms with Gasteiger partial charge in [-0.15, -0.1) is 0 Å². The molecule has 40 heavy (non-hydrogen) atoms. The number of carbonyl (C=O) groups excluding carboxylic acids is 2. The smallest absolute Gasteiger partial charge is 0.351 e. The molecule has 0 radical (unpaired) electrons. The van der Waals surface area contributed by atoms with Crippen molar-refractivity contribution in [1.29, 1.82) is 0 Å². The number of hydrogen-bond acceptors (Lipinski definition) is 9. The van der Waals surface area contributed by atoms with Gasteiger partial charge in [0.25, 0.3) is 0 Å². The maximum absolute atomic E-state index is 13.6. The van der Waals surface area contributed by atoms with Crippen molar-refractivity contribution in [2.75, 3.05) is 14.2 Å². The number of rotatable bonds is 9. The molecule has 2 heterocycles. The molecule has 1 saturated heterocycles. The summed E-state index contributed by atoms with van der Waals surface area (Å²) in [6, 6.07) is 10.2. The number of fused-ring (bicyclic) bond motifs is 3. The zero-order valence-electron chi connectivity index (χ0n) is 23.7. The first-order chi connectivity index (χ1) is 19.0. The molecule has 1 saturated carbocycles. The summed E-state index contributed by atoms with van der Waals surface area (Å²) in [5.74, 6) is 1.09. The summed E-state index contributed by atoms with van der Waals surface area (Å²) in [7, 11) is 3.13. The molecular formula is C31H34O9. The van der Waals surface area contributed by atoms with Gasteiger partial charge in [0.15, 0.2) is 5.43 Å². The van der Waals surface area contributed by atoms with Gasteiger partial charge in [-0.2, -0.15) is 0 Å². The predicted octanol–water partition coefficient (Wildman–Crippen LogP) is 5.12. The van der Waals surface area contributed by atoms with Crippen LogP contribution in [-0.4, -0.2) is 31.8 Å². The van der Waals surface area contributed by atoms with Gasteiger partial charge >= 0.3 is 11.9 Å². The van der Waals surface area contributed by atoms with Gasteiger partial charge in [0.2, 0.25) is 5.60 Å². The van der Waals surface area contributed by atoms with Crippen LogP contribution in [0.3, 0.4) is 0 Å². The summed E-state index contributed by atoms with van der Waals surface area (Å²) in [6.45, 7) is 7.36. The van der Waals surface area contributed by atoms with E-state index in [0.29, 0.717) is 53.2 Å². The summed E-state index contributed by atoms with van der Waals surface area (Å²) in [5, 5.41) is 0.345.